The third kappa shape index (κ3) is 1.67. The highest BCUT2D eigenvalue weighted by Gasteiger charge is 2.12. The van der Waals surface area contributed by atoms with Crippen molar-refractivity contribution in [3.63, 3.8) is 0 Å². The molecule has 0 saturated heterocycles. The summed E-state index contributed by atoms with van der Waals surface area (Å²) in [5, 5.41) is 0. The predicted octanol–water partition coefficient (Wildman–Crippen LogP) is 1.67. The van der Waals surface area contributed by atoms with E-state index >= 15 is 0 Å². The zero-order chi connectivity index (χ0) is 7.56. The van der Waals surface area contributed by atoms with Gasteiger partial charge < -0.3 is 4.74 Å². The molecule has 0 aromatic rings. The summed E-state index contributed by atoms with van der Waals surface area (Å²) in [5.74, 6) is 0. The Kier molecular flexibility index (Phi) is 2.21. The lowest BCUT2D eigenvalue weighted by Crippen LogP contribution is -2.12. The van der Waals surface area contributed by atoms with Crippen LogP contribution in [0.2, 0.25) is 0 Å². The van der Waals surface area contributed by atoms with Gasteiger partial charge in [0.15, 0.2) is 12.4 Å². The molecule has 0 aromatic heterocycles. The van der Waals surface area contributed by atoms with Crippen LogP contribution in [0.1, 0.15) is 0 Å². The van der Waals surface area contributed by atoms with E-state index in [0.717, 1.165) is 6.08 Å². The monoisotopic (exact) mass is 206 g/mol. The fourth-order valence-electron chi connectivity index (χ4n) is 0.579. The van der Waals surface area contributed by atoms with Gasteiger partial charge in [0.25, 0.3) is 6.01 Å². The molecule has 0 saturated carbocycles. The molecule has 0 fully saturated rings. The van der Waals surface area contributed by atoms with E-state index in [4.69, 9.17) is 0 Å². The first-order valence-corrected chi connectivity index (χ1v) is 3.38. The second-order valence-electron chi connectivity index (χ2n) is 1.72. The predicted molar refractivity (Wildman–Crippen MR) is 37.1 cm³/mol. The Bertz CT molecular complexity index is 210. The molecule has 10 heavy (non-hydrogen) atoms. The van der Waals surface area contributed by atoms with Crippen LogP contribution in [0.5, 0.6) is 0 Å². The minimum absolute atomic E-state index is 0.522. The molecule has 0 spiro atoms. The molecule has 2 nitrogen and oxygen atoms in total. The maximum absolute atomic E-state index is 12.3. The van der Waals surface area contributed by atoms with E-state index < -0.39 is 12.1 Å². The van der Waals surface area contributed by atoms with Crippen molar-refractivity contribution in [1.82, 2.24) is 0 Å². The summed E-state index contributed by atoms with van der Waals surface area (Å²) in [5.41, 5.74) is 0. The first-order chi connectivity index (χ1) is 4.72. The Hall–Kier alpha value is -0.640. The number of rotatable bonds is 1. The topological polar surface area (TPSA) is 26.3 Å². The van der Waals surface area contributed by atoms with E-state index in [1.165, 1.54) is 6.08 Å². The van der Waals surface area contributed by atoms with Gasteiger partial charge in [-0.05, 0) is 6.08 Å². The number of carbonyl (C=O) groups excluding carboxylic acids is 1. The standard InChI is InChI=1S/C6H4BrFO2/c7-4-1-5(3-9)10-6(8)2-4/h1-3,5H. The van der Waals surface area contributed by atoms with E-state index in [1.807, 2.05) is 0 Å². The van der Waals surface area contributed by atoms with Gasteiger partial charge in [0, 0.05) is 10.6 Å². The van der Waals surface area contributed by atoms with Crippen molar-refractivity contribution in [2.45, 2.75) is 6.10 Å². The van der Waals surface area contributed by atoms with Crippen molar-refractivity contribution in [1.29, 1.82) is 0 Å². The lowest BCUT2D eigenvalue weighted by atomic mass is 10.3. The van der Waals surface area contributed by atoms with Crippen molar-refractivity contribution in [2.75, 3.05) is 0 Å². The fraction of sp³-hybridized carbons (Fsp3) is 0.167. The van der Waals surface area contributed by atoms with Crippen LogP contribution in [0, 0.1) is 0 Å². The van der Waals surface area contributed by atoms with E-state index in [9.17, 15) is 9.18 Å². The third-order valence-corrected chi connectivity index (χ3v) is 1.45. The number of aldehydes is 1. The number of hydrogen-bond donors (Lipinski definition) is 0. The maximum Gasteiger partial charge on any atom is 0.274 e. The summed E-state index contributed by atoms with van der Waals surface area (Å²) < 4.78 is 17.2. The summed E-state index contributed by atoms with van der Waals surface area (Å²) in [4.78, 5) is 10.1. The average Bonchev–Trinajstić information content (AvgIpc) is 1.85. The quantitative estimate of drug-likeness (QED) is 0.611. The van der Waals surface area contributed by atoms with Gasteiger partial charge >= 0.3 is 0 Å². The second-order valence-corrected chi connectivity index (χ2v) is 2.63. The maximum atomic E-state index is 12.3. The van der Waals surface area contributed by atoms with Crippen molar-refractivity contribution in [2.24, 2.45) is 0 Å². The lowest BCUT2D eigenvalue weighted by Gasteiger charge is -2.11. The van der Waals surface area contributed by atoms with Crippen LogP contribution in [0.3, 0.4) is 0 Å². The minimum Gasteiger partial charge on any atom is -0.455 e. The Morgan fingerprint density at radius 2 is 2.50 bits per heavy atom. The molecular weight excluding hydrogens is 203 g/mol. The van der Waals surface area contributed by atoms with Crippen molar-refractivity contribution >= 4 is 22.2 Å². The first-order valence-electron chi connectivity index (χ1n) is 2.59. The van der Waals surface area contributed by atoms with Gasteiger partial charge in [-0.15, -0.1) is 0 Å². The van der Waals surface area contributed by atoms with Crippen molar-refractivity contribution in [3.05, 3.63) is 22.6 Å². The summed E-state index contributed by atoms with van der Waals surface area (Å²) in [7, 11) is 0. The molecule has 54 valence electrons. The van der Waals surface area contributed by atoms with Gasteiger partial charge in [-0.25, -0.2) is 0 Å². The average molecular weight is 207 g/mol. The zero-order valence-electron chi connectivity index (χ0n) is 4.88. The van der Waals surface area contributed by atoms with Gasteiger partial charge in [-0.2, -0.15) is 4.39 Å². The molecule has 0 radical (unpaired) electrons. The number of hydrogen-bond acceptors (Lipinski definition) is 2. The molecular formula is C6H4BrFO2. The van der Waals surface area contributed by atoms with Crippen LogP contribution in [0.25, 0.3) is 0 Å². The van der Waals surface area contributed by atoms with Gasteiger partial charge in [0.05, 0.1) is 0 Å². The minimum atomic E-state index is -0.792. The highest BCUT2D eigenvalue weighted by Crippen LogP contribution is 2.19. The molecule has 4 heteroatoms. The van der Waals surface area contributed by atoms with Gasteiger partial charge in [-0.3, -0.25) is 4.79 Å². The number of ether oxygens (including phenoxy) is 1. The normalized spacial score (nSPS) is 24.4. The molecule has 0 N–H and O–H groups in total. The third-order valence-electron chi connectivity index (χ3n) is 0.958. The van der Waals surface area contributed by atoms with Gasteiger partial charge in [0.1, 0.15) is 0 Å². The van der Waals surface area contributed by atoms with Crippen LogP contribution < -0.4 is 0 Å². The van der Waals surface area contributed by atoms with Crippen LogP contribution in [0.4, 0.5) is 4.39 Å². The summed E-state index contributed by atoms with van der Waals surface area (Å²) in [6, 6.07) is -0.744. The summed E-state index contributed by atoms with van der Waals surface area (Å²) >= 11 is 3.02. The highest BCUT2D eigenvalue weighted by atomic mass is 79.9. The molecule has 0 aromatic carbocycles. The van der Waals surface area contributed by atoms with Crippen LogP contribution in [0.15, 0.2) is 22.6 Å². The van der Waals surface area contributed by atoms with E-state index in [1.54, 1.807) is 0 Å². The smallest absolute Gasteiger partial charge is 0.274 e. The summed E-state index contributed by atoms with van der Waals surface area (Å²) in [6.07, 6.45) is 2.35. The first kappa shape index (κ1) is 7.47. The van der Waals surface area contributed by atoms with E-state index in [2.05, 4.69) is 20.7 Å². The van der Waals surface area contributed by atoms with Crippen LogP contribution in [-0.2, 0) is 9.53 Å². The fourth-order valence-corrected chi connectivity index (χ4v) is 1.02. The van der Waals surface area contributed by atoms with E-state index in [-0.39, 0.29) is 0 Å². The van der Waals surface area contributed by atoms with Crippen molar-refractivity contribution in [3.8, 4) is 0 Å². The van der Waals surface area contributed by atoms with Crippen LogP contribution in [-0.4, -0.2) is 12.4 Å². The molecule has 1 rings (SSSR count). The lowest BCUT2D eigenvalue weighted by molar-refractivity contribution is -0.114. The highest BCUT2D eigenvalue weighted by molar-refractivity contribution is 9.11. The van der Waals surface area contributed by atoms with Gasteiger partial charge in [0.2, 0.25) is 0 Å². The van der Waals surface area contributed by atoms with Crippen molar-refractivity contribution < 1.29 is 13.9 Å². The second kappa shape index (κ2) is 2.96. The SMILES string of the molecule is O=CC1C=C(Br)C=C(F)O1. The molecule has 0 aliphatic carbocycles. The zero-order valence-corrected chi connectivity index (χ0v) is 6.47. The van der Waals surface area contributed by atoms with Gasteiger partial charge in [-0.1, -0.05) is 15.9 Å². The Morgan fingerprint density at radius 3 is 3.00 bits per heavy atom. The largest absolute Gasteiger partial charge is 0.455 e. The molecule has 1 aliphatic rings. The number of halogens is 2. The van der Waals surface area contributed by atoms with E-state index in [0.29, 0.717) is 10.8 Å². The molecule has 1 heterocycles. The summed E-state index contributed by atoms with van der Waals surface area (Å²) in [6.45, 7) is 0. The molecule has 1 unspecified atom stereocenters. The molecule has 1 aliphatic heterocycles. The van der Waals surface area contributed by atoms with Crippen LogP contribution >= 0.6 is 15.9 Å². The number of allylic oxidation sites excluding steroid dienone is 2. The Morgan fingerprint density at radius 1 is 1.80 bits per heavy atom. The number of carbonyl (C=O) groups is 1. The Balaban J connectivity index is 2.76. The molecule has 0 bridgehead atoms. The Labute approximate surface area is 65.5 Å². The molecule has 0 amide bonds. The molecule has 1 atom stereocenters.